The molecule has 0 aromatic heterocycles. The molecule has 0 aromatic rings. The van der Waals surface area contributed by atoms with Gasteiger partial charge >= 0.3 is 11.9 Å². The summed E-state index contributed by atoms with van der Waals surface area (Å²) in [5.74, 6) is -2.03. The van der Waals surface area contributed by atoms with Gasteiger partial charge in [0.2, 0.25) is 0 Å². The molecule has 2 saturated heterocycles. The summed E-state index contributed by atoms with van der Waals surface area (Å²) in [5, 5.41) is 45.8. The molecule has 3 aliphatic heterocycles. The number of methoxy groups -OCH3 is 1. The number of likely N-dealkylation sites (N-methyl/N-ethyl adjacent to an activating group) is 1. The van der Waals surface area contributed by atoms with Gasteiger partial charge in [-0.3, -0.25) is 9.59 Å². The first-order valence-corrected chi connectivity index (χ1v) is 19.5. The molecule has 2 fully saturated rings. The first-order chi connectivity index (χ1) is 25.8. The van der Waals surface area contributed by atoms with Crippen LogP contribution in [0.3, 0.4) is 0 Å². The van der Waals surface area contributed by atoms with Crippen LogP contribution in [0.5, 0.6) is 0 Å². The van der Waals surface area contributed by atoms with E-state index in [0.717, 1.165) is 6.29 Å². The normalized spacial score (nSPS) is 42.4. The van der Waals surface area contributed by atoms with Crippen LogP contribution >= 0.6 is 0 Å². The van der Waals surface area contributed by atoms with Crippen LogP contribution in [0.15, 0.2) is 24.3 Å². The lowest BCUT2D eigenvalue weighted by molar-refractivity contribution is -0.344. The Morgan fingerprint density at radius 3 is 2.33 bits per heavy atom. The number of carbonyl (C=O) groups excluding carboxylic acids is 3. The van der Waals surface area contributed by atoms with Crippen LogP contribution in [-0.2, 0) is 47.5 Å². The highest BCUT2D eigenvalue weighted by molar-refractivity contribution is 5.70. The number of esters is 2. The predicted octanol–water partition coefficient (Wildman–Crippen LogP) is 2.44. The first-order valence-electron chi connectivity index (χ1n) is 19.5. The number of aliphatic hydroxyl groups excluding tert-OH is 3. The third-order valence-corrected chi connectivity index (χ3v) is 10.6. The van der Waals surface area contributed by atoms with E-state index < -0.39 is 110 Å². The number of carbonyl (C=O) groups is 3. The Morgan fingerprint density at radius 1 is 1.04 bits per heavy atom. The maximum absolute atomic E-state index is 12.9. The summed E-state index contributed by atoms with van der Waals surface area (Å²) in [5.41, 5.74) is -1.49. The van der Waals surface area contributed by atoms with Crippen molar-refractivity contribution >= 4 is 18.2 Å². The van der Waals surface area contributed by atoms with E-state index in [-0.39, 0.29) is 37.5 Å². The average molecular weight is 786 g/mol. The Kier molecular flexibility index (Phi) is 18.4. The standard InChI is InChI=1S/C40H67NO14/c1-22(2)18-30(45)53-38-26(6)51-32(21-40(38,7)48)54-35-25(5)52-39(34(47)33(35)41(8)9)55-36-27(16-17-42)19-23(3)28(43)15-13-11-12-14-24(4)50-31(46)20-29(44)37(36)49-10/h11-13,15,17,22-29,32-39,43-44,47-48H,14,16,18-21H2,1-10H3/b12-11+,15-13+/t23-,24-,25-,26+,27+,28-,29-,32-,33-,34-,35+,36-,37+,38-,39+,40+/m1/s1. The molecule has 316 valence electrons. The fraction of sp³-hybridized carbons (Fsp3) is 0.825. The Hall–Kier alpha value is -2.31. The van der Waals surface area contributed by atoms with Gasteiger partial charge in [-0.2, -0.15) is 0 Å². The van der Waals surface area contributed by atoms with Crippen molar-refractivity contribution in [3.05, 3.63) is 24.3 Å². The van der Waals surface area contributed by atoms with E-state index in [9.17, 15) is 34.8 Å². The van der Waals surface area contributed by atoms with Gasteiger partial charge in [0, 0.05) is 32.8 Å². The van der Waals surface area contributed by atoms with Crippen LogP contribution in [-0.4, -0.2) is 150 Å². The Bertz CT molecular complexity index is 1270. The van der Waals surface area contributed by atoms with E-state index in [1.807, 2.05) is 26.8 Å². The summed E-state index contributed by atoms with van der Waals surface area (Å²) >= 11 is 0. The van der Waals surface area contributed by atoms with Gasteiger partial charge in [-0.15, -0.1) is 0 Å². The molecule has 0 spiro atoms. The molecule has 16 atom stereocenters. The van der Waals surface area contributed by atoms with Crippen molar-refractivity contribution in [3.8, 4) is 0 Å². The molecular weight excluding hydrogens is 718 g/mol. The molecule has 3 heterocycles. The molecule has 0 aliphatic carbocycles. The molecular formula is C40H67NO14. The molecule has 0 aromatic carbocycles. The zero-order valence-corrected chi connectivity index (χ0v) is 34.2. The lowest BCUT2D eigenvalue weighted by Crippen LogP contribution is -2.66. The molecule has 15 heteroatoms. The van der Waals surface area contributed by atoms with Crippen molar-refractivity contribution in [3.63, 3.8) is 0 Å². The molecule has 4 N–H and O–H groups in total. The summed E-state index contributed by atoms with van der Waals surface area (Å²) in [6.45, 7) is 12.4. The molecule has 3 rings (SSSR count). The number of ether oxygens (including phenoxy) is 7. The zero-order valence-electron chi connectivity index (χ0n) is 34.2. The van der Waals surface area contributed by atoms with Gasteiger partial charge in [0.15, 0.2) is 18.7 Å². The van der Waals surface area contributed by atoms with Crippen LogP contribution in [0.2, 0.25) is 0 Å². The number of hydrogen-bond acceptors (Lipinski definition) is 15. The molecule has 0 amide bonds. The highest BCUT2D eigenvalue weighted by atomic mass is 16.7. The highest BCUT2D eigenvalue weighted by Gasteiger charge is 2.52. The second-order valence-corrected chi connectivity index (χ2v) is 16.4. The number of rotatable bonds is 11. The van der Waals surface area contributed by atoms with Gasteiger partial charge in [0.25, 0.3) is 0 Å². The van der Waals surface area contributed by atoms with Gasteiger partial charge in [-0.05, 0) is 66.0 Å². The van der Waals surface area contributed by atoms with Crippen LogP contribution < -0.4 is 0 Å². The summed E-state index contributed by atoms with van der Waals surface area (Å²) < 4.78 is 42.4. The van der Waals surface area contributed by atoms with E-state index >= 15 is 0 Å². The maximum Gasteiger partial charge on any atom is 0.308 e. The number of allylic oxidation sites excluding steroid dienone is 2. The molecule has 3 aliphatic rings. The van der Waals surface area contributed by atoms with E-state index in [4.69, 9.17) is 33.2 Å². The number of hydrogen-bond donors (Lipinski definition) is 4. The molecule has 0 unspecified atom stereocenters. The third kappa shape index (κ3) is 13.4. The van der Waals surface area contributed by atoms with Gasteiger partial charge in [-0.25, -0.2) is 0 Å². The van der Waals surface area contributed by atoms with Crippen molar-refractivity contribution < 1.29 is 68.0 Å². The van der Waals surface area contributed by atoms with E-state index in [1.54, 1.807) is 64.9 Å². The van der Waals surface area contributed by atoms with Crippen LogP contribution in [0, 0.1) is 17.8 Å². The number of nitrogens with zero attached hydrogens (tertiary/aromatic N) is 1. The van der Waals surface area contributed by atoms with Crippen molar-refractivity contribution in [2.45, 2.75) is 172 Å². The van der Waals surface area contributed by atoms with Crippen LogP contribution in [0.25, 0.3) is 0 Å². The minimum atomic E-state index is -1.49. The monoisotopic (exact) mass is 785 g/mol. The molecule has 0 radical (unpaired) electrons. The van der Waals surface area contributed by atoms with E-state index in [2.05, 4.69) is 0 Å². The fourth-order valence-electron chi connectivity index (χ4n) is 7.78. The lowest BCUT2D eigenvalue weighted by atomic mass is 9.82. The average Bonchev–Trinajstić information content (AvgIpc) is 3.06. The molecule has 15 nitrogen and oxygen atoms in total. The topological polar surface area (TPSA) is 200 Å². The van der Waals surface area contributed by atoms with Gasteiger partial charge in [0.1, 0.15) is 36.3 Å². The summed E-state index contributed by atoms with van der Waals surface area (Å²) in [6, 6.07) is -0.753. The first kappa shape index (κ1) is 47.1. The quantitative estimate of drug-likeness (QED) is 0.176. The SMILES string of the molecule is CO[C@@H]1[C@H](O[C@@H]2O[C@H](C)[C@H](O[C@@H]3C[C@](C)(O)[C@H](OC(=O)CC(C)C)[C@H](C)O3)[C@H](N(C)C)[C@H]2O)[C@@H](CC=O)C[C@@H](C)[C@H](O)/C=C/C=C/C[C@@H](C)OC(=O)C[C@H]1O. The largest absolute Gasteiger partial charge is 0.462 e. The van der Waals surface area contributed by atoms with Crippen LogP contribution in [0.1, 0.15) is 87.0 Å². The van der Waals surface area contributed by atoms with Crippen molar-refractivity contribution in [1.29, 1.82) is 0 Å². The van der Waals surface area contributed by atoms with Crippen LogP contribution in [0.4, 0.5) is 0 Å². The maximum atomic E-state index is 12.9. The Labute approximate surface area is 326 Å². The van der Waals surface area contributed by atoms with Gasteiger partial charge in [0.05, 0.1) is 43.0 Å². The van der Waals surface area contributed by atoms with Crippen molar-refractivity contribution in [2.24, 2.45) is 17.8 Å². The van der Waals surface area contributed by atoms with Crippen molar-refractivity contribution in [2.75, 3.05) is 21.2 Å². The smallest absolute Gasteiger partial charge is 0.308 e. The van der Waals surface area contributed by atoms with Gasteiger partial charge < -0.3 is 63.3 Å². The number of cyclic esters (lactones) is 1. The Morgan fingerprint density at radius 2 is 1.73 bits per heavy atom. The molecule has 0 saturated carbocycles. The summed E-state index contributed by atoms with van der Waals surface area (Å²) in [6.07, 6.45) is -3.92. The second kappa shape index (κ2) is 21.4. The third-order valence-electron chi connectivity index (χ3n) is 10.6. The number of aliphatic hydroxyl groups is 4. The van der Waals surface area contributed by atoms with Crippen molar-refractivity contribution in [1.82, 2.24) is 4.90 Å². The molecule has 0 bridgehead atoms. The molecule has 55 heavy (non-hydrogen) atoms. The minimum absolute atomic E-state index is 0.0318. The lowest BCUT2D eigenvalue weighted by Gasteiger charge is -2.50. The number of aldehydes is 1. The fourth-order valence-corrected chi connectivity index (χ4v) is 7.78. The minimum Gasteiger partial charge on any atom is -0.462 e. The predicted molar refractivity (Wildman–Crippen MR) is 200 cm³/mol. The summed E-state index contributed by atoms with van der Waals surface area (Å²) in [4.78, 5) is 39.3. The zero-order chi connectivity index (χ0) is 41.2. The van der Waals surface area contributed by atoms with E-state index in [0.29, 0.717) is 6.42 Å². The highest BCUT2D eigenvalue weighted by Crippen LogP contribution is 2.37. The Balaban J connectivity index is 1.90. The summed E-state index contributed by atoms with van der Waals surface area (Å²) in [7, 11) is 4.86. The second-order valence-electron chi connectivity index (χ2n) is 16.4. The van der Waals surface area contributed by atoms with E-state index in [1.165, 1.54) is 7.11 Å². The van der Waals surface area contributed by atoms with Gasteiger partial charge in [-0.1, -0.05) is 45.1 Å².